The van der Waals surface area contributed by atoms with Gasteiger partial charge in [0.2, 0.25) is 11.8 Å². The molecule has 0 saturated carbocycles. The smallest absolute Gasteiger partial charge is 0.477 e. The number of ether oxygens (including phenoxy) is 1. The molecule has 0 bridgehead atoms. The zero-order chi connectivity index (χ0) is 29.4. The molecule has 2 atom stereocenters. The summed E-state index contributed by atoms with van der Waals surface area (Å²) in [5, 5.41) is 21.5. The number of aryl methyl sites for hydroxylation is 1. The molecule has 39 heavy (non-hydrogen) atoms. The highest BCUT2D eigenvalue weighted by Crippen LogP contribution is 2.42. The highest BCUT2D eigenvalue weighted by atomic mass is 19.4. The fourth-order valence-electron chi connectivity index (χ4n) is 3.99. The predicted octanol–water partition coefficient (Wildman–Crippen LogP) is 2.10. The number of nitrogens with zero attached hydrogens (tertiary/aromatic N) is 4. The third-order valence-electron chi connectivity index (χ3n) is 5.84. The Hall–Kier alpha value is -3.89. The number of carboxylic acids is 2. The Morgan fingerprint density at radius 3 is 2.26 bits per heavy atom. The lowest BCUT2D eigenvalue weighted by Gasteiger charge is -2.28. The lowest BCUT2D eigenvalue weighted by molar-refractivity contribution is -0.193. The van der Waals surface area contributed by atoms with E-state index in [4.69, 9.17) is 24.5 Å². The van der Waals surface area contributed by atoms with E-state index < -0.39 is 24.3 Å². The first-order chi connectivity index (χ1) is 18.0. The molecular weight excluding hydrogens is 544 g/mol. The van der Waals surface area contributed by atoms with Crippen LogP contribution in [-0.4, -0.2) is 86.3 Å². The molecule has 11 nitrogen and oxygen atoms in total. The van der Waals surface area contributed by atoms with Crippen LogP contribution in [0.2, 0.25) is 0 Å². The Kier molecular flexibility index (Phi) is 10.3. The number of rotatable bonds is 5. The minimum Gasteiger partial charge on any atom is -0.477 e. The second-order valence-corrected chi connectivity index (χ2v) is 8.63. The number of amides is 1. The molecule has 3 N–H and O–H groups in total. The molecule has 0 unspecified atom stereocenters. The minimum absolute atomic E-state index is 0.163. The van der Waals surface area contributed by atoms with Crippen LogP contribution in [0.3, 0.4) is 0 Å². The zero-order valence-corrected chi connectivity index (χ0v) is 20.4. The SMILES string of the molecule is Cn1cc(CN2CC[C@]3(C2)C(=O)NC[C@@H]3COc2ccccn2)cn1.O=C(O)C(F)(F)F.O=C(O)C(F)(F)F. The number of hydrogen-bond donors (Lipinski definition) is 3. The molecule has 0 aromatic carbocycles. The Labute approximate surface area is 217 Å². The van der Waals surface area contributed by atoms with Gasteiger partial charge in [-0.3, -0.25) is 14.4 Å². The molecule has 4 rings (SSSR count). The maximum Gasteiger partial charge on any atom is 0.490 e. The van der Waals surface area contributed by atoms with Gasteiger partial charge in [0.1, 0.15) is 0 Å². The van der Waals surface area contributed by atoms with Crippen molar-refractivity contribution in [1.82, 2.24) is 25.0 Å². The predicted molar refractivity (Wildman–Crippen MR) is 119 cm³/mol. The molecule has 2 fully saturated rings. The first-order valence-electron chi connectivity index (χ1n) is 11.2. The Balaban J connectivity index is 0.000000317. The van der Waals surface area contributed by atoms with Gasteiger partial charge < -0.3 is 20.3 Å². The summed E-state index contributed by atoms with van der Waals surface area (Å²) in [7, 11) is 1.92. The second kappa shape index (κ2) is 12.8. The van der Waals surface area contributed by atoms with Crippen molar-refractivity contribution in [1.29, 1.82) is 0 Å². The molecule has 2 aliphatic rings. The molecule has 0 aliphatic carbocycles. The van der Waals surface area contributed by atoms with E-state index in [0.717, 1.165) is 26.1 Å². The summed E-state index contributed by atoms with van der Waals surface area (Å²) in [5.74, 6) is -4.57. The van der Waals surface area contributed by atoms with Crippen LogP contribution in [0.4, 0.5) is 26.3 Å². The summed E-state index contributed by atoms with van der Waals surface area (Å²) < 4.78 is 71.1. The fraction of sp³-hybridized carbons (Fsp3) is 0.500. The molecule has 1 spiro atoms. The van der Waals surface area contributed by atoms with Gasteiger partial charge >= 0.3 is 24.3 Å². The summed E-state index contributed by atoms with van der Waals surface area (Å²) in [6, 6.07) is 5.61. The highest BCUT2D eigenvalue weighted by molar-refractivity contribution is 5.86. The average Bonchev–Trinajstić information content (AvgIpc) is 3.53. The lowest BCUT2D eigenvalue weighted by Crippen LogP contribution is -2.40. The van der Waals surface area contributed by atoms with E-state index in [0.29, 0.717) is 19.0 Å². The molecule has 17 heteroatoms. The van der Waals surface area contributed by atoms with Crippen LogP contribution in [0.5, 0.6) is 5.88 Å². The van der Waals surface area contributed by atoms with Crippen molar-refractivity contribution in [3.63, 3.8) is 0 Å². The fourth-order valence-corrected chi connectivity index (χ4v) is 3.99. The van der Waals surface area contributed by atoms with E-state index in [1.54, 1.807) is 6.20 Å². The number of alkyl halides is 6. The summed E-state index contributed by atoms with van der Waals surface area (Å²) in [4.78, 5) is 36.9. The monoisotopic (exact) mass is 569 g/mol. The average molecular weight is 569 g/mol. The van der Waals surface area contributed by atoms with Crippen molar-refractivity contribution in [3.8, 4) is 5.88 Å². The van der Waals surface area contributed by atoms with Crippen LogP contribution in [0, 0.1) is 11.3 Å². The van der Waals surface area contributed by atoms with Gasteiger partial charge in [-0.1, -0.05) is 6.07 Å². The number of carbonyl (C=O) groups excluding carboxylic acids is 1. The van der Waals surface area contributed by atoms with Gasteiger partial charge in [-0.15, -0.1) is 0 Å². The van der Waals surface area contributed by atoms with Crippen molar-refractivity contribution >= 4 is 17.8 Å². The van der Waals surface area contributed by atoms with E-state index >= 15 is 0 Å². The third kappa shape index (κ3) is 9.12. The van der Waals surface area contributed by atoms with Crippen molar-refractivity contribution in [2.24, 2.45) is 18.4 Å². The highest BCUT2D eigenvalue weighted by Gasteiger charge is 2.54. The van der Waals surface area contributed by atoms with Crippen molar-refractivity contribution in [3.05, 3.63) is 42.4 Å². The summed E-state index contributed by atoms with van der Waals surface area (Å²) in [6.45, 7) is 3.70. The molecule has 2 aromatic rings. The van der Waals surface area contributed by atoms with E-state index in [-0.39, 0.29) is 17.2 Å². The molecule has 2 saturated heterocycles. The van der Waals surface area contributed by atoms with Crippen LogP contribution in [0.25, 0.3) is 0 Å². The summed E-state index contributed by atoms with van der Waals surface area (Å²) >= 11 is 0. The quantitative estimate of drug-likeness (QED) is 0.461. The number of nitrogens with one attached hydrogen (secondary N) is 1. The van der Waals surface area contributed by atoms with Crippen LogP contribution < -0.4 is 10.1 Å². The third-order valence-corrected chi connectivity index (χ3v) is 5.84. The van der Waals surface area contributed by atoms with Crippen molar-refractivity contribution in [2.45, 2.75) is 25.3 Å². The molecule has 216 valence electrons. The number of aliphatic carboxylic acids is 2. The van der Waals surface area contributed by atoms with E-state index in [1.807, 2.05) is 42.3 Å². The first-order valence-corrected chi connectivity index (χ1v) is 11.2. The zero-order valence-electron chi connectivity index (χ0n) is 20.4. The number of halogens is 6. The van der Waals surface area contributed by atoms with Crippen molar-refractivity contribution in [2.75, 3.05) is 26.2 Å². The first kappa shape index (κ1) is 31.3. The van der Waals surface area contributed by atoms with Gasteiger partial charge in [-0.05, 0) is 19.0 Å². The number of likely N-dealkylation sites (tertiary alicyclic amines) is 1. The number of carbonyl (C=O) groups is 3. The van der Waals surface area contributed by atoms with Gasteiger partial charge in [-0.25, -0.2) is 14.6 Å². The van der Waals surface area contributed by atoms with Crippen LogP contribution in [0.15, 0.2) is 36.8 Å². The molecule has 4 heterocycles. The molecule has 2 aliphatic heterocycles. The summed E-state index contributed by atoms with van der Waals surface area (Å²) in [6.07, 6.45) is -3.66. The Bertz CT molecular complexity index is 1100. The topological polar surface area (TPSA) is 147 Å². The molecular formula is C22H25F6N5O6. The summed E-state index contributed by atoms with van der Waals surface area (Å²) in [5.41, 5.74) is 0.830. The van der Waals surface area contributed by atoms with E-state index in [9.17, 15) is 31.1 Å². The largest absolute Gasteiger partial charge is 0.490 e. The maximum absolute atomic E-state index is 12.6. The molecule has 0 radical (unpaired) electrons. The second-order valence-electron chi connectivity index (χ2n) is 8.63. The number of hydrogen-bond acceptors (Lipinski definition) is 7. The normalized spacial score (nSPS) is 20.9. The number of aromatic nitrogens is 3. The van der Waals surface area contributed by atoms with Gasteiger partial charge in [0.05, 0.1) is 18.2 Å². The van der Waals surface area contributed by atoms with E-state index in [1.165, 1.54) is 5.56 Å². The number of pyridine rings is 1. The van der Waals surface area contributed by atoms with Crippen molar-refractivity contribution < 1.29 is 55.7 Å². The van der Waals surface area contributed by atoms with E-state index in [2.05, 4.69) is 20.3 Å². The molecule has 2 aromatic heterocycles. The minimum atomic E-state index is -5.08. The van der Waals surface area contributed by atoms with Gasteiger partial charge in [0, 0.05) is 56.6 Å². The maximum atomic E-state index is 12.6. The standard InChI is InChI=1S/C18H23N5O2.2C2HF3O2/c1-22-10-14(8-21-22)11-23-7-5-18(13-23)15(9-20-17(18)24)12-25-16-4-2-3-6-19-16;2*3-2(4,5)1(6)7/h2-4,6,8,10,15H,5,7,9,11-13H2,1H3,(H,20,24);2*(H,6,7)/t15-,18-;;/m1../s1. The molecule has 1 amide bonds. The van der Waals surface area contributed by atoms with Crippen LogP contribution in [-0.2, 0) is 28.0 Å². The Morgan fingerprint density at radius 1 is 1.15 bits per heavy atom. The van der Waals surface area contributed by atoms with Gasteiger partial charge in [0.25, 0.3) is 0 Å². The van der Waals surface area contributed by atoms with Gasteiger partial charge in [-0.2, -0.15) is 31.4 Å². The number of carboxylic acid groups (broad SMARTS) is 2. The Morgan fingerprint density at radius 2 is 1.77 bits per heavy atom. The lowest BCUT2D eigenvalue weighted by atomic mass is 9.77. The van der Waals surface area contributed by atoms with Gasteiger partial charge in [0.15, 0.2) is 0 Å². The van der Waals surface area contributed by atoms with Crippen LogP contribution >= 0.6 is 0 Å². The van der Waals surface area contributed by atoms with Crippen LogP contribution in [0.1, 0.15) is 12.0 Å².